The molecule has 3 aromatic rings. The molecule has 6 heteroatoms. The first-order valence-electron chi connectivity index (χ1n) is 6.75. The molecule has 0 unspecified atom stereocenters. The molecule has 5 nitrogen and oxygen atoms in total. The van der Waals surface area contributed by atoms with Crippen LogP contribution in [-0.2, 0) is 0 Å². The molecule has 0 aliphatic heterocycles. The van der Waals surface area contributed by atoms with Gasteiger partial charge in [0.25, 0.3) is 0 Å². The Hall–Kier alpha value is -2.66. The smallest absolute Gasteiger partial charge is 0.249 e. The molecule has 0 bridgehead atoms. The molecular formula is C16H14ClN5. The second kappa shape index (κ2) is 6.41. The molecule has 0 atom stereocenters. The van der Waals surface area contributed by atoms with E-state index in [4.69, 9.17) is 11.6 Å². The van der Waals surface area contributed by atoms with E-state index in [-0.39, 0.29) is 0 Å². The lowest BCUT2D eigenvalue weighted by molar-refractivity contribution is 0.982. The number of anilines is 4. The van der Waals surface area contributed by atoms with E-state index in [9.17, 15) is 0 Å². The van der Waals surface area contributed by atoms with Crippen LogP contribution in [-0.4, -0.2) is 15.2 Å². The first kappa shape index (κ1) is 14.3. The highest BCUT2D eigenvalue weighted by Crippen LogP contribution is 2.19. The zero-order chi connectivity index (χ0) is 15.4. The fourth-order valence-corrected chi connectivity index (χ4v) is 2.09. The summed E-state index contributed by atoms with van der Waals surface area (Å²) in [5.41, 5.74) is 2.95. The second-order valence-electron chi connectivity index (χ2n) is 4.79. The topological polar surface area (TPSA) is 62.7 Å². The third-order valence-electron chi connectivity index (χ3n) is 2.96. The molecule has 2 aromatic carbocycles. The SMILES string of the molecule is Cc1ccc(Nc2cnnc(Nc3cccc(Cl)c3)n2)cc1. The van der Waals surface area contributed by atoms with E-state index in [0.717, 1.165) is 11.4 Å². The number of halogens is 1. The number of hydrogen-bond acceptors (Lipinski definition) is 5. The molecule has 2 N–H and O–H groups in total. The number of benzene rings is 2. The van der Waals surface area contributed by atoms with Crippen molar-refractivity contribution in [1.82, 2.24) is 15.2 Å². The summed E-state index contributed by atoms with van der Waals surface area (Å²) in [4.78, 5) is 4.38. The van der Waals surface area contributed by atoms with Crippen LogP contribution in [0.1, 0.15) is 5.56 Å². The Morgan fingerprint density at radius 2 is 1.77 bits per heavy atom. The van der Waals surface area contributed by atoms with Crippen molar-refractivity contribution in [2.24, 2.45) is 0 Å². The average molecular weight is 312 g/mol. The van der Waals surface area contributed by atoms with Crippen molar-refractivity contribution in [3.8, 4) is 0 Å². The maximum Gasteiger partial charge on any atom is 0.249 e. The van der Waals surface area contributed by atoms with Crippen molar-refractivity contribution < 1.29 is 0 Å². The van der Waals surface area contributed by atoms with Gasteiger partial charge in [0, 0.05) is 16.4 Å². The summed E-state index contributed by atoms with van der Waals surface area (Å²) in [6, 6.07) is 15.4. The van der Waals surface area contributed by atoms with Gasteiger partial charge in [0.1, 0.15) is 0 Å². The fraction of sp³-hybridized carbons (Fsp3) is 0.0625. The predicted molar refractivity (Wildman–Crippen MR) is 89.0 cm³/mol. The van der Waals surface area contributed by atoms with Crippen LogP contribution in [0.5, 0.6) is 0 Å². The maximum atomic E-state index is 5.95. The van der Waals surface area contributed by atoms with Crippen LogP contribution < -0.4 is 10.6 Å². The van der Waals surface area contributed by atoms with Crippen LogP contribution in [0.3, 0.4) is 0 Å². The van der Waals surface area contributed by atoms with Crippen molar-refractivity contribution in [2.45, 2.75) is 6.92 Å². The minimum atomic E-state index is 0.402. The van der Waals surface area contributed by atoms with Gasteiger partial charge in [-0.3, -0.25) is 0 Å². The normalized spacial score (nSPS) is 10.3. The molecule has 0 radical (unpaired) electrons. The molecule has 0 aliphatic carbocycles. The lowest BCUT2D eigenvalue weighted by Gasteiger charge is -2.08. The summed E-state index contributed by atoms with van der Waals surface area (Å²) in [5, 5.41) is 14.8. The number of nitrogens with zero attached hydrogens (tertiary/aromatic N) is 3. The number of rotatable bonds is 4. The van der Waals surface area contributed by atoms with Gasteiger partial charge in [-0.15, -0.1) is 5.10 Å². The van der Waals surface area contributed by atoms with E-state index < -0.39 is 0 Å². The Balaban J connectivity index is 1.76. The third-order valence-corrected chi connectivity index (χ3v) is 3.20. The average Bonchev–Trinajstić information content (AvgIpc) is 2.50. The van der Waals surface area contributed by atoms with Gasteiger partial charge in [0.15, 0.2) is 5.82 Å². The summed E-state index contributed by atoms with van der Waals surface area (Å²) in [6.07, 6.45) is 1.57. The molecule has 0 fully saturated rings. The highest BCUT2D eigenvalue weighted by atomic mass is 35.5. The molecule has 0 amide bonds. The second-order valence-corrected chi connectivity index (χ2v) is 5.23. The minimum Gasteiger partial charge on any atom is -0.339 e. The molecule has 22 heavy (non-hydrogen) atoms. The highest BCUT2D eigenvalue weighted by Gasteiger charge is 2.02. The van der Waals surface area contributed by atoms with Crippen LogP contribution >= 0.6 is 11.6 Å². The molecule has 0 saturated carbocycles. The Morgan fingerprint density at radius 3 is 2.55 bits per heavy atom. The minimum absolute atomic E-state index is 0.402. The monoisotopic (exact) mass is 311 g/mol. The summed E-state index contributed by atoms with van der Waals surface area (Å²) in [7, 11) is 0. The van der Waals surface area contributed by atoms with E-state index in [0.29, 0.717) is 16.8 Å². The molecule has 3 rings (SSSR count). The van der Waals surface area contributed by atoms with E-state index in [1.807, 2.05) is 43.3 Å². The lowest BCUT2D eigenvalue weighted by atomic mass is 10.2. The van der Waals surface area contributed by atoms with Gasteiger partial charge in [-0.05, 0) is 37.3 Å². The van der Waals surface area contributed by atoms with Crippen LogP contribution in [0, 0.1) is 6.92 Å². The van der Waals surface area contributed by atoms with E-state index >= 15 is 0 Å². The molecule has 1 heterocycles. The van der Waals surface area contributed by atoms with Gasteiger partial charge in [-0.2, -0.15) is 10.1 Å². The van der Waals surface area contributed by atoms with Crippen LogP contribution in [0.25, 0.3) is 0 Å². The van der Waals surface area contributed by atoms with Crippen molar-refractivity contribution in [3.05, 3.63) is 65.3 Å². The summed E-state index contributed by atoms with van der Waals surface area (Å²) in [6.45, 7) is 2.04. The predicted octanol–water partition coefficient (Wildman–Crippen LogP) is 4.32. The van der Waals surface area contributed by atoms with E-state index in [2.05, 4.69) is 25.8 Å². The Labute approximate surface area is 133 Å². The summed E-state index contributed by atoms with van der Waals surface area (Å²) >= 11 is 5.95. The van der Waals surface area contributed by atoms with E-state index in [1.54, 1.807) is 18.3 Å². The Bertz CT molecular complexity index is 773. The quantitative estimate of drug-likeness (QED) is 0.751. The molecule has 0 spiro atoms. The van der Waals surface area contributed by atoms with Crippen molar-refractivity contribution in [1.29, 1.82) is 0 Å². The standard InChI is InChI=1S/C16H14ClN5/c1-11-5-7-13(8-6-11)19-15-10-18-22-16(21-15)20-14-4-2-3-12(17)9-14/h2-10H,1H3,(H2,19,20,21,22). The van der Waals surface area contributed by atoms with Crippen molar-refractivity contribution in [2.75, 3.05) is 10.6 Å². The zero-order valence-corrected chi connectivity index (χ0v) is 12.7. The molecule has 0 saturated heterocycles. The van der Waals surface area contributed by atoms with Crippen molar-refractivity contribution >= 4 is 34.7 Å². The van der Waals surface area contributed by atoms with Crippen molar-refractivity contribution in [3.63, 3.8) is 0 Å². The maximum absolute atomic E-state index is 5.95. The van der Waals surface area contributed by atoms with Gasteiger partial charge < -0.3 is 10.6 Å². The molecule has 1 aromatic heterocycles. The van der Waals surface area contributed by atoms with Gasteiger partial charge in [0.05, 0.1) is 6.20 Å². The number of nitrogens with one attached hydrogen (secondary N) is 2. The van der Waals surface area contributed by atoms with Gasteiger partial charge in [-0.1, -0.05) is 35.4 Å². The molecule has 110 valence electrons. The summed E-state index contributed by atoms with van der Waals surface area (Å²) < 4.78 is 0. The van der Waals surface area contributed by atoms with Crippen LogP contribution in [0.4, 0.5) is 23.1 Å². The first-order chi connectivity index (χ1) is 10.7. The number of hydrogen-bond donors (Lipinski definition) is 2. The van der Waals surface area contributed by atoms with Crippen LogP contribution in [0.15, 0.2) is 54.7 Å². The van der Waals surface area contributed by atoms with Gasteiger partial charge >= 0.3 is 0 Å². The van der Waals surface area contributed by atoms with E-state index in [1.165, 1.54) is 5.56 Å². The van der Waals surface area contributed by atoms with Crippen LogP contribution in [0.2, 0.25) is 5.02 Å². The van der Waals surface area contributed by atoms with Gasteiger partial charge in [0.2, 0.25) is 5.95 Å². The number of aromatic nitrogens is 3. The third kappa shape index (κ3) is 3.71. The highest BCUT2D eigenvalue weighted by molar-refractivity contribution is 6.30. The van der Waals surface area contributed by atoms with Gasteiger partial charge in [-0.25, -0.2) is 0 Å². The fourth-order valence-electron chi connectivity index (χ4n) is 1.90. The zero-order valence-electron chi connectivity index (χ0n) is 11.9. The largest absolute Gasteiger partial charge is 0.339 e. The first-order valence-corrected chi connectivity index (χ1v) is 7.13. The number of aryl methyl sites for hydroxylation is 1. The Kier molecular flexibility index (Phi) is 4.16. The molecular weight excluding hydrogens is 298 g/mol. The summed E-state index contributed by atoms with van der Waals surface area (Å²) in [5.74, 6) is 1.02. The molecule has 0 aliphatic rings. The Morgan fingerprint density at radius 1 is 0.955 bits per heavy atom. The lowest BCUT2D eigenvalue weighted by Crippen LogP contribution is -2.02.